The minimum absolute atomic E-state index is 0.0861. The quantitative estimate of drug-likeness (QED) is 0.686. The normalized spacial score (nSPS) is 27.2. The molecule has 2 atom stereocenters. The summed E-state index contributed by atoms with van der Waals surface area (Å²) in [6, 6.07) is 13.2. The summed E-state index contributed by atoms with van der Waals surface area (Å²) in [6.45, 7) is 6.87. The number of fused-ring (bicyclic) bond motifs is 4. The van der Waals surface area contributed by atoms with Gasteiger partial charge in [-0.25, -0.2) is 0 Å². The van der Waals surface area contributed by atoms with Crippen LogP contribution in [0, 0.1) is 5.41 Å². The van der Waals surface area contributed by atoms with Crippen LogP contribution in [0.15, 0.2) is 42.5 Å². The maximum atomic E-state index is 6.21. The first-order valence-electron chi connectivity index (χ1n) is 7.47. The van der Waals surface area contributed by atoms with Crippen LogP contribution in [0.1, 0.15) is 44.4 Å². The van der Waals surface area contributed by atoms with Crippen molar-refractivity contribution < 1.29 is 4.74 Å². The minimum atomic E-state index is -0.0861. The molecule has 2 aromatic rings. The van der Waals surface area contributed by atoms with Crippen molar-refractivity contribution in [3.63, 3.8) is 0 Å². The van der Waals surface area contributed by atoms with Crippen LogP contribution in [0.2, 0.25) is 0 Å². The lowest BCUT2D eigenvalue weighted by atomic mass is 9.70. The van der Waals surface area contributed by atoms with Crippen molar-refractivity contribution in [2.75, 3.05) is 0 Å². The van der Waals surface area contributed by atoms with E-state index in [0.717, 1.165) is 6.42 Å². The molecule has 1 heterocycles. The molecule has 0 N–H and O–H groups in total. The summed E-state index contributed by atoms with van der Waals surface area (Å²) in [5.74, 6) is 0. The van der Waals surface area contributed by atoms with E-state index >= 15 is 0 Å². The first-order valence-corrected chi connectivity index (χ1v) is 7.47. The summed E-state index contributed by atoms with van der Waals surface area (Å²) in [4.78, 5) is 0. The first kappa shape index (κ1) is 12.2. The molecular formula is C19H20O. The summed E-state index contributed by atoms with van der Waals surface area (Å²) in [5.41, 5.74) is 2.76. The zero-order chi connectivity index (χ0) is 14.0. The zero-order valence-electron chi connectivity index (χ0n) is 12.3. The fourth-order valence-electron chi connectivity index (χ4n) is 3.46. The van der Waals surface area contributed by atoms with Crippen molar-refractivity contribution in [1.29, 1.82) is 0 Å². The van der Waals surface area contributed by atoms with Gasteiger partial charge >= 0.3 is 0 Å². The van der Waals surface area contributed by atoms with E-state index in [2.05, 4.69) is 69.3 Å². The average molecular weight is 264 g/mol. The lowest BCUT2D eigenvalue weighted by Crippen LogP contribution is -2.32. The van der Waals surface area contributed by atoms with Crippen LogP contribution in [0.3, 0.4) is 0 Å². The molecule has 0 bridgehead atoms. The van der Waals surface area contributed by atoms with E-state index < -0.39 is 0 Å². The Hall–Kier alpha value is -1.60. The Kier molecular flexibility index (Phi) is 2.27. The van der Waals surface area contributed by atoms with Gasteiger partial charge in [-0.15, -0.1) is 0 Å². The van der Waals surface area contributed by atoms with E-state index in [9.17, 15) is 0 Å². The van der Waals surface area contributed by atoms with Gasteiger partial charge in [0.05, 0.1) is 0 Å². The Bertz CT molecular complexity index is 726. The van der Waals surface area contributed by atoms with Gasteiger partial charge in [-0.2, -0.15) is 0 Å². The van der Waals surface area contributed by atoms with E-state index in [4.69, 9.17) is 4.74 Å². The predicted molar refractivity (Wildman–Crippen MR) is 83.6 cm³/mol. The number of ether oxygens (including phenoxy) is 1. The van der Waals surface area contributed by atoms with Gasteiger partial charge in [-0.1, -0.05) is 51.1 Å². The smallest absolute Gasteiger partial charge is 0.123 e. The van der Waals surface area contributed by atoms with Gasteiger partial charge in [0.15, 0.2) is 0 Å². The molecule has 0 aromatic heterocycles. The molecule has 0 saturated carbocycles. The highest BCUT2D eigenvalue weighted by molar-refractivity contribution is 5.87. The van der Waals surface area contributed by atoms with Gasteiger partial charge in [0.25, 0.3) is 0 Å². The molecule has 2 unspecified atom stereocenters. The van der Waals surface area contributed by atoms with Gasteiger partial charge in [0, 0.05) is 5.41 Å². The number of epoxide rings is 1. The third-order valence-electron chi connectivity index (χ3n) is 5.33. The maximum absolute atomic E-state index is 6.21. The molecule has 2 aromatic carbocycles. The molecule has 4 rings (SSSR count). The standard InChI is InChI=1S/C19H20O/c1-4-18(2,3)19-10-9-15-11-13-7-5-6-8-14(13)12-16(15)17(19)20-19/h5-12,17H,4H2,1-3H3. The Morgan fingerprint density at radius 2 is 1.85 bits per heavy atom. The molecule has 1 nitrogen and oxygen atoms in total. The Morgan fingerprint density at radius 1 is 1.15 bits per heavy atom. The van der Waals surface area contributed by atoms with Crippen LogP contribution in [0.25, 0.3) is 16.8 Å². The largest absolute Gasteiger partial charge is 0.356 e. The molecule has 102 valence electrons. The fourth-order valence-corrected chi connectivity index (χ4v) is 3.46. The molecule has 0 spiro atoms. The highest BCUT2D eigenvalue weighted by Gasteiger charge is 2.64. The molecular weight excluding hydrogens is 244 g/mol. The zero-order valence-corrected chi connectivity index (χ0v) is 12.3. The highest BCUT2D eigenvalue weighted by atomic mass is 16.6. The minimum Gasteiger partial charge on any atom is -0.356 e. The van der Waals surface area contributed by atoms with E-state index in [1.165, 1.54) is 21.9 Å². The van der Waals surface area contributed by atoms with Gasteiger partial charge in [0.2, 0.25) is 0 Å². The second-order valence-electron chi connectivity index (χ2n) is 6.69. The molecule has 1 fully saturated rings. The number of hydrogen-bond acceptors (Lipinski definition) is 1. The number of benzene rings is 2. The van der Waals surface area contributed by atoms with Crippen molar-refractivity contribution >= 4 is 16.8 Å². The Labute approximate surface area is 120 Å². The monoisotopic (exact) mass is 264 g/mol. The van der Waals surface area contributed by atoms with Gasteiger partial charge in [-0.3, -0.25) is 0 Å². The molecule has 20 heavy (non-hydrogen) atoms. The third-order valence-corrected chi connectivity index (χ3v) is 5.33. The summed E-state index contributed by atoms with van der Waals surface area (Å²) in [7, 11) is 0. The lowest BCUT2D eigenvalue weighted by molar-refractivity contribution is 0.174. The molecule has 1 aliphatic heterocycles. The highest BCUT2D eigenvalue weighted by Crippen LogP contribution is 2.64. The van der Waals surface area contributed by atoms with Crippen LogP contribution < -0.4 is 0 Å². The fraction of sp³-hybridized carbons (Fsp3) is 0.368. The maximum Gasteiger partial charge on any atom is 0.123 e. The van der Waals surface area contributed by atoms with Crippen molar-refractivity contribution in [3.8, 4) is 0 Å². The molecule has 1 aliphatic carbocycles. The SMILES string of the molecule is CCC(C)(C)C12C=Cc3cc4ccccc4cc3C1O2. The number of hydrogen-bond donors (Lipinski definition) is 0. The Balaban J connectivity index is 1.87. The van der Waals surface area contributed by atoms with Crippen molar-refractivity contribution in [3.05, 3.63) is 53.6 Å². The molecule has 0 radical (unpaired) electrons. The molecule has 1 saturated heterocycles. The molecule has 1 heteroatoms. The summed E-state index contributed by atoms with van der Waals surface area (Å²) in [6.07, 6.45) is 5.90. The topological polar surface area (TPSA) is 12.5 Å². The molecule has 2 aliphatic rings. The molecule has 0 amide bonds. The summed E-state index contributed by atoms with van der Waals surface area (Å²) in [5, 5.41) is 2.61. The van der Waals surface area contributed by atoms with Crippen LogP contribution in [0.4, 0.5) is 0 Å². The second kappa shape index (κ2) is 3.73. The van der Waals surface area contributed by atoms with Crippen LogP contribution in [-0.2, 0) is 4.74 Å². The van der Waals surface area contributed by atoms with E-state index in [-0.39, 0.29) is 17.1 Å². The van der Waals surface area contributed by atoms with Crippen LogP contribution >= 0.6 is 0 Å². The third kappa shape index (κ3) is 1.42. The van der Waals surface area contributed by atoms with Crippen molar-refractivity contribution in [2.45, 2.75) is 38.9 Å². The summed E-state index contributed by atoms with van der Waals surface area (Å²) >= 11 is 0. The van der Waals surface area contributed by atoms with Gasteiger partial charge in [0.1, 0.15) is 11.7 Å². The summed E-state index contributed by atoms with van der Waals surface area (Å²) < 4.78 is 6.21. The van der Waals surface area contributed by atoms with Crippen molar-refractivity contribution in [2.24, 2.45) is 5.41 Å². The van der Waals surface area contributed by atoms with E-state index in [1.807, 2.05) is 0 Å². The van der Waals surface area contributed by atoms with Gasteiger partial charge < -0.3 is 4.74 Å². The van der Waals surface area contributed by atoms with Crippen molar-refractivity contribution in [1.82, 2.24) is 0 Å². The van der Waals surface area contributed by atoms with E-state index in [1.54, 1.807) is 0 Å². The average Bonchev–Trinajstić information content (AvgIpc) is 3.22. The van der Waals surface area contributed by atoms with Gasteiger partial charge in [-0.05, 0) is 46.5 Å². The number of rotatable bonds is 2. The second-order valence-corrected chi connectivity index (χ2v) is 6.69. The Morgan fingerprint density at radius 3 is 2.55 bits per heavy atom. The van der Waals surface area contributed by atoms with Crippen LogP contribution in [0.5, 0.6) is 0 Å². The van der Waals surface area contributed by atoms with Crippen LogP contribution in [-0.4, -0.2) is 5.60 Å². The predicted octanol–water partition coefficient (Wildman–Crippen LogP) is 5.11. The first-order chi connectivity index (χ1) is 9.57. The lowest BCUT2D eigenvalue weighted by Gasteiger charge is -2.31. The van der Waals surface area contributed by atoms with E-state index in [0.29, 0.717) is 0 Å².